The Morgan fingerprint density at radius 3 is 2.58 bits per heavy atom. The Labute approximate surface area is 71.8 Å². The topological polar surface area (TPSA) is 54.4 Å². The number of aldehydes is 1. The molecule has 0 aromatic carbocycles. The van der Waals surface area contributed by atoms with Gasteiger partial charge in [0.2, 0.25) is 0 Å². The van der Waals surface area contributed by atoms with Gasteiger partial charge in [0.25, 0.3) is 0 Å². The summed E-state index contributed by atoms with van der Waals surface area (Å²) in [4.78, 5) is 21.0. The van der Waals surface area contributed by atoms with Crippen LogP contribution in [0.5, 0.6) is 0 Å². The molecule has 0 heterocycles. The van der Waals surface area contributed by atoms with E-state index in [0.717, 1.165) is 6.29 Å². The maximum Gasteiger partial charge on any atom is 0.307 e. The molecule has 0 bridgehead atoms. The Morgan fingerprint density at radius 1 is 1.75 bits per heavy atom. The lowest BCUT2D eigenvalue weighted by Gasteiger charge is -2.17. The average Bonchev–Trinajstić information content (AvgIpc) is 2.65. The van der Waals surface area contributed by atoms with E-state index in [1.807, 2.05) is 13.8 Å². The molecule has 0 aromatic heterocycles. The van der Waals surface area contributed by atoms with Gasteiger partial charge in [-0.1, -0.05) is 13.8 Å². The molecule has 0 spiro atoms. The average molecular weight is 170 g/mol. The molecule has 1 saturated carbocycles. The van der Waals surface area contributed by atoms with Crippen molar-refractivity contribution in [2.24, 2.45) is 17.3 Å². The van der Waals surface area contributed by atoms with Crippen LogP contribution in [-0.4, -0.2) is 17.4 Å². The first-order valence-electron chi connectivity index (χ1n) is 4.21. The molecule has 0 aliphatic heterocycles. The van der Waals surface area contributed by atoms with Gasteiger partial charge >= 0.3 is 5.97 Å². The van der Waals surface area contributed by atoms with Crippen molar-refractivity contribution >= 4 is 12.3 Å². The predicted molar refractivity (Wildman–Crippen MR) is 43.7 cm³/mol. The van der Waals surface area contributed by atoms with E-state index in [1.165, 1.54) is 0 Å². The van der Waals surface area contributed by atoms with Gasteiger partial charge in [0.15, 0.2) is 0 Å². The summed E-state index contributed by atoms with van der Waals surface area (Å²) in [5.41, 5.74) is -0.229. The lowest BCUT2D eigenvalue weighted by molar-refractivity contribution is -0.139. The van der Waals surface area contributed by atoms with E-state index in [9.17, 15) is 9.59 Å². The number of carboxylic acid groups (broad SMARTS) is 1. The zero-order chi connectivity index (χ0) is 9.35. The quantitative estimate of drug-likeness (QED) is 0.647. The predicted octanol–water partition coefficient (Wildman–Crippen LogP) is 1.32. The molecule has 1 aliphatic carbocycles. The Morgan fingerprint density at radius 2 is 2.33 bits per heavy atom. The zero-order valence-corrected chi connectivity index (χ0v) is 7.41. The highest BCUT2D eigenvalue weighted by Gasteiger charge is 2.59. The second kappa shape index (κ2) is 2.88. The van der Waals surface area contributed by atoms with Crippen LogP contribution >= 0.6 is 0 Å². The molecule has 0 saturated heterocycles. The van der Waals surface area contributed by atoms with Crippen LogP contribution in [0.15, 0.2) is 0 Å². The van der Waals surface area contributed by atoms with E-state index in [4.69, 9.17) is 5.11 Å². The van der Waals surface area contributed by atoms with E-state index in [2.05, 4.69) is 0 Å². The van der Waals surface area contributed by atoms with Crippen molar-refractivity contribution in [1.82, 2.24) is 0 Å². The van der Waals surface area contributed by atoms with Gasteiger partial charge in [-0.05, 0) is 17.8 Å². The fourth-order valence-corrected chi connectivity index (χ4v) is 1.91. The molecule has 1 fully saturated rings. The molecule has 2 atom stereocenters. The highest BCUT2D eigenvalue weighted by molar-refractivity contribution is 5.76. The maximum absolute atomic E-state index is 10.6. The number of carboxylic acids is 1. The summed E-state index contributed by atoms with van der Waals surface area (Å²) < 4.78 is 0. The van der Waals surface area contributed by atoms with Gasteiger partial charge in [-0.3, -0.25) is 4.79 Å². The lowest BCUT2D eigenvalue weighted by Crippen LogP contribution is -2.17. The minimum Gasteiger partial charge on any atom is -0.481 e. The number of hydrogen-bond donors (Lipinski definition) is 1. The van der Waals surface area contributed by atoms with E-state index >= 15 is 0 Å². The molecule has 3 heteroatoms. The van der Waals surface area contributed by atoms with Gasteiger partial charge in [-0.15, -0.1) is 0 Å². The van der Waals surface area contributed by atoms with Crippen molar-refractivity contribution < 1.29 is 14.7 Å². The first kappa shape index (κ1) is 9.23. The lowest BCUT2D eigenvalue weighted by atomic mass is 9.87. The van der Waals surface area contributed by atoms with Gasteiger partial charge in [0.05, 0.1) is 5.92 Å². The normalized spacial score (nSPS) is 33.4. The molecule has 0 radical (unpaired) electrons. The third kappa shape index (κ3) is 1.24. The fourth-order valence-electron chi connectivity index (χ4n) is 1.91. The minimum absolute atomic E-state index is 0.229. The Hall–Kier alpha value is -0.860. The van der Waals surface area contributed by atoms with Crippen LogP contribution in [0, 0.1) is 17.3 Å². The summed E-state index contributed by atoms with van der Waals surface area (Å²) >= 11 is 0. The highest BCUT2D eigenvalue weighted by atomic mass is 16.4. The standard InChI is InChI=1S/C9H14O3/c1-6(2)9(3-4-10)5-7(9)8(11)12/h4,6-7H,3,5H2,1-2H3,(H,11,12)/t7-,9-/m0/s1. The monoisotopic (exact) mass is 170 g/mol. The fraction of sp³-hybridized carbons (Fsp3) is 0.778. The molecule has 1 N–H and O–H groups in total. The van der Waals surface area contributed by atoms with Crippen LogP contribution in [0.25, 0.3) is 0 Å². The molecule has 1 rings (SSSR count). The van der Waals surface area contributed by atoms with E-state index in [0.29, 0.717) is 12.8 Å². The van der Waals surface area contributed by atoms with Crippen molar-refractivity contribution in [3.8, 4) is 0 Å². The Balaban J connectivity index is 2.68. The molecule has 1 aliphatic rings. The smallest absolute Gasteiger partial charge is 0.307 e. The molecule has 0 amide bonds. The van der Waals surface area contributed by atoms with Crippen LogP contribution in [0.3, 0.4) is 0 Å². The van der Waals surface area contributed by atoms with E-state index < -0.39 is 5.97 Å². The summed E-state index contributed by atoms with van der Waals surface area (Å²) in [5, 5.41) is 8.75. The molecule has 0 unspecified atom stereocenters. The van der Waals surface area contributed by atoms with Gasteiger partial charge in [0.1, 0.15) is 6.29 Å². The summed E-state index contributed by atoms with van der Waals surface area (Å²) in [5.74, 6) is -0.767. The molecule has 68 valence electrons. The third-order valence-electron chi connectivity index (χ3n) is 3.03. The first-order chi connectivity index (χ1) is 5.54. The van der Waals surface area contributed by atoms with Gasteiger partial charge in [0, 0.05) is 6.42 Å². The Kier molecular flexibility index (Phi) is 2.22. The van der Waals surface area contributed by atoms with Crippen LogP contribution in [0.4, 0.5) is 0 Å². The van der Waals surface area contributed by atoms with Gasteiger partial charge < -0.3 is 9.90 Å². The molecule has 0 aromatic rings. The molecular formula is C9H14O3. The molecule has 3 nitrogen and oxygen atoms in total. The Bertz CT molecular complexity index is 210. The van der Waals surface area contributed by atoms with Crippen LogP contribution in [-0.2, 0) is 9.59 Å². The molecule has 12 heavy (non-hydrogen) atoms. The van der Waals surface area contributed by atoms with Crippen molar-refractivity contribution in [3.63, 3.8) is 0 Å². The van der Waals surface area contributed by atoms with Crippen molar-refractivity contribution in [2.75, 3.05) is 0 Å². The van der Waals surface area contributed by atoms with E-state index in [-0.39, 0.29) is 17.3 Å². The summed E-state index contributed by atoms with van der Waals surface area (Å²) in [7, 11) is 0. The summed E-state index contributed by atoms with van der Waals surface area (Å²) in [6.07, 6.45) is 1.89. The first-order valence-corrected chi connectivity index (χ1v) is 4.21. The van der Waals surface area contributed by atoms with Crippen molar-refractivity contribution in [3.05, 3.63) is 0 Å². The van der Waals surface area contributed by atoms with Crippen molar-refractivity contribution in [1.29, 1.82) is 0 Å². The second-order valence-electron chi connectivity index (χ2n) is 3.85. The van der Waals surface area contributed by atoms with Gasteiger partial charge in [-0.25, -0.2) is 0 Å². The SMILES string of the molecule is CC(C)[C@]1(CC=O)C[C@H]1C(=O)O. The largest absolute Gasteiger partial charge is 0.481 e. The van der Waals surface area contributed by atoms with Gasteiger partial charge in [-0.2, -0.15) is 0 Å². The summed E-state index contributed by atoms with van der Waals surface area (Å²) in [6.45, 7) is 3.96. The third-order valence-corrected chi connectivity index (χ3v) is 3.03. The maximum atomic E-state index is 10.6. The summed E-state index contributed by atoms with van der Waals surface area (Å²) in [6, 6.07) is 0. The number of aliphatic carboxylic acids is 1. The number of rotatable bonds is 4. The minimum atomic E-state index is -0.759. The highest BCUT2D eigenvalue weighted by Crippen LogP contribution is 2.59. The second-order valence-corrected chi connectivity index (χ2v) is 3.85. The van der Waals surface area contributed by atoms with Crippen LogP contribution < -0.4 is 0 Å². The van der Waals surface area contributed by atoms with E-state index in [1.54, 1.807) is 0 Å². The van der Waals surface area contributed by atoms with Crippen LogP contribution in [0.1, 0.15) is 26.7 Å². The number of hydrogen-bond acceptors (Lipinski definition) is 2. The zero-order valence-electron chi connectivity index (χ0n) is 7.41. The number of carbonyl (C=O) groups excluding carboxylic acids is 1. The van der Waals surface area contributed by atoms with Crippen molar-refractivity contribution in [2.45, 2.75) is 26.7 Å². The number of carbonyl (C=O) groups is 2. The van der Waals surface area contributed by atoms with Crippen LogP contribution in [0.2, 0.25) is 0 Å². The molecular weight excluding hydrogens is 156 g/mol.